The van der Waals surface area contributed by atoms with Crippen LogP contribution in [0.1, 0.15) is 17.4 Å². The van der Waals surface area contributed by atoms with Crippen molar-refractivity contribution < 1.29 is 14.0 Å². The van der Waals surface area contributed by atoms with Crippen molar-refractivity contribution >= 4 is 46.4 Å². The third kappa shape index (κ3) is 5.01. The molecule has 3 N–H and O–H groups in total. The number of hydrogen-bond donors (Lipinski definition) is 3. The maximum absolute atomic E-state index is 13.2. The Morgan fingerprint density at radius 3 is 2.50 bits per heavy atom. The number of benzene rings is 2. The van der Waals surface area contributed by atoms with Gasteiger partial charge in [0.05, 0.1) is 5.02 Å². The number of carbonyl (C=O) groups excluding carboxylic acids is 2. The summed E-state index contributed by atoms with van der Waals surface area (Å²) in [6, 6.07) is 12.3. The zero-order valence-corrected chi connectivity index (χ0v) is 15.4. The summed E-state index contributed by atoms with van der Waals surface area (Å²) in [5.74, 6) is -1.06. The van der Waals surface area contributed by atoms with Crippen LogP contribution in [0.3, 0.4) is 0 Å². The average Bonchev–Trinajstić information content (AvgIpc) is 2.65. The standard InChI is InChI=1S/C19H15ClFN5O2/c1-11(27)23-12-3-2-4-13(9-12)25-19-22-8-7-17(26-19)18(28)24-14-5-6-16(21)15(20)10-14/h2-10H,1H3,(H,23,27)(H,24,28)(H,22,25,26). The van der Waals surface area contributed by atoms with Crippen LogP contribution in [0, 0.1) is 5.82 Å². The van der Waals surface area contributed by atoms with Crippen molar-refractivity contribution in [2.24, 2.45) is 0 Å². The maximum atomic E-state index is 13.2. The number of nitrogens with zero attached hydrogens (tertiary/aromatic N) is 2. The molecule has 28 heavy (non-hydrogen) atoms. The van der Waals surface area contributed by atoms with Gasteiger partial charge < -0.3 is 16.0 Å². The zero-order chi connectivity index (χ0) is 20.1. The molecule has 0 saturated heterocycles. The molecular weight excluding hydrogens is 385 g/mol. The molecule has 1 aromatic heterocycles. The lowest BCUT2D eigenvalue weighted by Crippen LogP contribution is -2.15. The fourth-order valence-corrected chi connectivity index (χ4v) is 2.50. The van der Waals surface area contributed by atoms with Crippen molar-refractivity contribution in [2.45, 2.75) is 6.92 Å². The van der Waals surface area contributed by atoms with Crippen LogP contribution in [-0.2, 0) is 4.79 Å². The largest absolute Gasteiger partial charge is 0.326 e. The summed E-state index contributed by atoms with van der Waals surface area (Å²) >= 11 is 5.71. The van der Waals surface area contributed by atoms with E-state index in [1.54, 1.807) is 24.3 Å². The molecule has 0 atom stereocenters. The van der Waals surface area contributed by atoms with E-state index in [9.17, 15) is 14.0 Å². The molecule has 3 rings (SSSR count). The van der Waals surface area contributed by atoms with Gasteiger partial charge in [-0.05, 0) is 42.5 Å². The van der Waals surface area contributed by atoms with E-state index in [0.717, 1.165) is 6.07 Å². The maximum Gasteiger partial charge on any atom is 0.274 e. The van der Waals surface area contributed by atoms with Crippen molar-refractivity contribution in [3.8, 4) is 0 Å². The van der Waals surface area contributed by atoms with Gasteiger partial charge in [-0.3, -0.25) is 9.59 Å². The summed E-state index contributed by atoms with van der Waals surface area (Å²) < 4.78 is 13.2. The van der Waals surface area contributed by atoms with E-state index in [1.165, 1.54) is 31.3 Å². The Hall–Kier alpha value is -3.52. The number of hydrogen-bond acceptors (Lipinski definition) is 5. The SMILES string of the molecule is CC(=O)Nc1cccc(Nc2nccc(C(=O)Nc3ccc(F)c(Cl)c3)n2)c1. The molecule has 1 heterocycles. The normalized spacial score (nSPS) is 10.2. The van der Waals surface area contributed by atoms with E-state index < -0.39 is 11.7 Å². The molecule has 0 fully saturated rings. The van der Waals surface area contributed by atoms with Gasteiger partial charge in [0.25, 0.3) is 5.91 Å². The van der Waals surface area contributed by atoms with Gasteiger partial charge >= 0.3 is 0 Å². The van der Waals surface area contributed by atoms with Crippen LogP contribution in [0.25, 0.3) is 0 Å². The lowest BCUT2D eigenvalue weighted by Gasteiger charge is -2.09. The molecule has 7 nitrogen and oxygen atoms in total. The van der Waals surface area contributed by atoms with Gasteiger partial charge in [-0.25, -0.2) is 14.4 Å². The second-order valence-electron chi connectivity index (χ2n) is 5.74. The fourth-order valence-electron chi connectivity index (χ4n) is 2.32. The number of carbonyl (C=O) groups is 2. The van der Waals surface area contributed by atoms with Gasteiger partial charge in [-0.1, -0.05) is 17.7 Å². The Morgan fingerprint density at radius 1 is 1.00 bits per heavy atom. The fraction of sp³-hybridized carbons (Fsp3) is 0.0526. The van der Waals surface area contributed by atoms with Crippen molar-refractivity contribution in [1.82, 2.24) is 9.97 Å². The topological polar surface area (TPSA) is 96.0 Å². The molecule has 0 bridgehead atoms. The first-order valence-corrected chi connectivity index (χ1v) is 8.52. The van der Waals surface area contributed by atoms with Crippen LogP contribution < -0.4 is 16.0 Å². The number of nitrogens with one attached hydrogen (secondary N) is 3. The third-order valence-electron chi connectivity index (χ3n) is 3.50. The van der Waals surface area contributed by atoms with E-state index in [-0.39, 0.29) is 22.6 Å². The van der Waals surface area contributed by atoms with Gasteiger partial charge in [0.15, 0.2) is 0 Å². The third-order valence-corrected chi connectivity index (χ3v) is 3.79. The minimum Gasteiger partial charge on any atom is -0.326 e. The van der Waals surface area contributed by atoms with E-state index >= 15 is 0 Å². The van der Waals surface area contributed by atoms with Crippen LogP contribution in [0.5, 0.6) is 0 Å². The first kappa shape index (κ1) is 19.2. The molecule has 142 valence electrons. The van der Waals surface area contributed by atoms with Gasteiger partial charge in [0.1, 0.15) is 11.5 Å². The quantitative estimate of drug-likeness (QED) is 0.596. The van der Waals surface area contributed by atoms with Crippen LogP contribution >= 0.6 is 11.6 Å². The van der Waals surface area contributed by atoms with Crippen molar-refractivity contribution in [3.63, 3.8) is 0 Å². The number of anilines is 4. The Labute approximate surface area is 165 Å². The smallest absolute Gasteiger partial charge is 0.274 e. The molecule has 0 unspecified atom stereocenters. The minimum atomic E-state index is -0.574. The van der Waals surface area contributed by atoms with Gasteiger partial charge in [-0.15, -0.1) is 0 Å². The predicted molar refractivity (Wildman–Crippen MR) is 105 cm³/mol. The molecule has 0 aliphatic carbocycles. The monoisotopic (exact) mass is 399 g/mol. The molecule has 2 amide bonds. The Morgan fingerprint density at radius 2 is 1.75 bits per heavy atom. The minimum absolute atomic E-state index is 0.0955. The summed E-state index contributed by atoms with van der Waals surface area (Å²) in [5.41, 5.74) is 1.69. The van der Waals surface area contributed by atoms with Crippen molar-refractivity contribution in [2.75, 3.05) is 16.0 Å². The highest BCUT2D eigenvalue weighted by Crippen LogP contribution is 2.21. The van der Waals surface area contributed by atoms with E-state index in [0.29, 0.717) is 17.1 Å². The van der Waals surface area contributed by atoms with Crippen LogP contribution in [0.15, 0.2) is 54.7 Å². The number of halogens is 2. The average molecular weight is 400 g/mol. The van der Waals surface area contributed by atoms with Crippen LogP contribution in [-0.4, -0.2) is 21.8 Å². The van der Waals surface area contributed by atoms with E-state index in [1.807, 2.05) is 0 Å². The summed E-state index contributed by atoms with van der Waals surface area (Å²) in [5, 5.41) is 8.14. The highest BCUT2D eigenvalue weighted by molar-refractivity contribution is 6.31. The first-order valence-electron chi connectivity index (χ1n) is 8.15. The van der Waals surface area contributed by atoms with Gasteiger partial charge in [0.2, 0.25) is 11.9 Å². The summed E-state index contributed by atoms with van der Waals surface area (Å²) in [6.07, 6.45) is 1.43. The zero-order valence-electron chi connectivity index (χ0n) is 14.7. The summed E-state index contributed by atoms with van der Waals surface area (Å²) in [4.78, 5) is 31.8. The van der Waals surface area contributed by atoms with E-state index in [2.05, 4.69) is 25.9 Å². The lowest BCUT2D eigenvalue weighted by molar-refractivity contribution is -0.114. The van der Waals surface area contributed by atoms with Crippen LogP contribution in [0.4, 0.5) is 27.4 Å². The highest BCUT2D eigenvalue weighted by atomic mass is 35.5. The molecule has 0 aliphatic heterocycles. The first-order chi connectivity index (χ1) is 13.4. The second-order valence-corrected chi connectivity index (χ2v) is 6.14. The molecule has 9 heteroatoms. The molecular formula is C19H15ClFN5O2. The predicted octanol–water partition coefficient (Wildman–Crippen LogP) is 4.22. The molecule has 2 aromatic carbocycles. The molecule has 0 spiro atoms. The Bertz CT molecular complexity index is 1040. The molecule has 0 aliphatic rings. The summed E-state index contributed by atoms with van der Waals surface area (Å²) in [6.45, 7) is 1.42. The molecule has 0 saturated carbocycles. The Kier molecular flexibility index (Phi) is 5.81. The molecule has 0 radical (unpaired) electrons. The summed E-state index contributed by atoms with van der Waals surface area (Å²) in [7, 11) is 0. The molecule has 3 aromatic rings. The number of aromatic nitrogens is 2. The van der Waals surface area contributed by atoms with Crippen LogP contribution in [0.2, 0.25) is 5.02 Å². The van der Waals surface area contributed by atoms with Crippen molar-refractivity contribution in [1.29, 1.82) is 0 Å². The lowest BCUT2D eigenvalue weighted by atomic mass is 10.2. The second kappa shape index (κ2) is 8.45. The number of amides is 2. The Balaban J connectivity index is 1.73. The number of rotatable bonds is 5. The van der Waals surface area contributed by atoms with Gasteiger partial charge in [-0.2, -0.15) is 0 Å². The van der Waals surface area contributed by atoms with Gasteiger partial charge in [0, 0.05) is 30.2 Å². The van der Waals surface area contributed by atoms with E-state index in [4.69, 9.17) is 11.6 Å². The highest BCUT2D eigenvalue weighted by Gasteiger charge is 2.11. The van der Waals surface area contributed by atoms with Crippen molar-refractivity contribution in [3.05, 3.63) is 71.3 Å².